The number of nitrogens with one attached hydrogen (secondary N) is 1. The minimum Gasteiger partial charge on any atom is -0.375 e. The molecule has 2 unspecified atom stereocenters. The highest BCUT2D eigenvalue weighted by Crippen LogP contribution is 2.28. The number of rotatable bonds is 5. The third-order valence-electron chi connectivity index (χ3n) is 2.72. The summed E-state index contributed by atoms with van der Waals surface area (Å²) in [6.45, 7) is 9.09. The van der Waals surface area contributed by atoms with Gasteiger partial charge in [-0.15, -0.1) is 11.6 Å². The highest BCUT2D eigenvalue weighted by Gasteiger charge is 2.22. The summed E-state index contributed by atoms with van der Waals surface area (Å²) in [5.74, 6) is 0.780. The van der Waals surface area contributed by atoms with Gasteiger partial charge in [0.15, 0.2) is 0 Å². The summed E-state index contributed by atoms with van der Waals surface area (Å²) in [5, 5.41) is 3.86. The van der Waals surface area contributed by atoms with Gasteiger partial charge in [-0.1, -0.05) is 0 Å². The highest BCUT2D eigenvalue weighted by atomic mass is 35.5. The molecular formula is C12H24ClNO. The Balaban J connectivity index is 1.93. The molecule has 0 saturated heterocycles. The molecule has 0 aliphatic heterocycles. The van der Waals surface area contributed by atoms with Crippen LogP contribution in [0.2, 0.25) is 0 Å². The van der Waals surface area contributed by atoms with E-state index in [4.69, 9.17) is 16.3 Å². The van der Waals surface area contributed by atoms with Gasteiger partial charge in [0.1, 0.15) is 0 Å². The lowest BCUT2D eigenvalue weighted by Crippen LogP contribution is -2.29. The van der Waals surface area contributed by atoms with E-state index < -0.39 is 0 Å². The summed E-state index contributed by atoms with van der Waals surface area (Å²) < 4.78 is 5.63. The van der Waals surface area contributed by atoms with Crippen LogP contribution in [-0.2, 0) is 4.74 Å². The molecule has 0 aromatic heterocycles. The first-order valence-corrected chi connectivity index (χ1v) is 6.40. The summed E-state index contributed by atoms with van der Waals surface area (Å²) in [6.07, 6.45) is 3.64. The second kappa shape index (κ2) is 6.07. The van der Waals surface area contributed by atoms with Crippen LogP contribution in [0.1, 0.15) is 40.0 Å². The summed E-state index contributed by atoms with van der Waals surface area (Å²) in [5.41, 5.74) is -0.0176. The molecule has 1 rings (SSSR count). The third kappa shape index (κ3) is 6.39. The van der Waals surface area contributed by atoms with Crippen molar-refractivity contribution in [2.75, 3.05) is 19.7 Å². The molecule has 0 aromatic carbocycles. The van der Waals surface area contributed by atoms with Crippen LogP contribution in [0.3, 0.4) is 0 Å². The average molecular weight is 234 g/mol. The van der Waals surface area contributed by atoms with Gasteiger partial charge in [-0.25, -0.2) is 0 Å². The standard InChI is InChI=1S/C12H24ClNO/c1-12(2,3)15-7-6-14-9-10-4-5-11(13)8-10/h10-11,14H,4-9H2,1-3H3. The van der Waals surface area contributed by atoms with Crippen molar-refractivity contribution in [1.29, 1.82) is 0 Å². The molecule has 2 atom stereocenters. The molecule has 1 fully saturated rings. The van der Waals surface area contributed by atoms with E-state index in [0.29, 0.717) is 5.38 Å². The Hall–Kier alpha value is 0.210. The van der Waals surface area contributed by atoms with Crippen molar-refractivity contribution >= 4 is 11.6 Å². The molecule has 2 nitrogen and oxygen atoms in total. The van der Waals surface area contributed by atoms with Crippen molar-refractivity contribution in [2.24, 2.45) is 5.92 Å². The van der Waals surface area contributed by atoms with Crippen LogP contribution in [0.15, 0.2) is 0 Å². The summed E-state index contributed by atoms with van der Waals surface area (Å²) in [6, 6.07) is 0. The fourth-order valence-corrected chi connectivity index (χ4v) is 2.31. The van der Waals surface area contributed by atoms with Crippen LogP contribution in [0.25, 0.3) is 0 Å². The van der Waals surface area contributed by atoms with Crippen molar-refractivity contribution in [1.82, 2.24) is 5.32 Å². The van der Waals surface area contributed by atoms with E-state index >= 15 is 0 Å². The van der Waals surface area contributed by atoms with Gasteiger partial charge in [-0.3, -0.25) is 0 Å². The molecule has 90 valence electrons. The zero-order valence-electron chi connectivity index (χ0n) is 10.2. The molecule has 1 saturated carbocycles. The van der Waals surface area contributed by atoms with Gasteiger partial charge in [0.05, 0.1) is 12.2 Å². The van der Waals surface area contributed by atoms with Gasteiger partial charge in [-0.05, 0) is 52.5 Å². The normalized spacial score (nSPS) is 27.2. The maximum Gasteiger partial charge on any atom is 0.0599 e. The lowest BCUT2D eigenvalue weighted by atomic mass is 10.1. The fourth-order valence-electron chi connectivity index (χ4n) is 1.93. The van der Waals surface area contributed by atoms with E-state index in [1.165, 1.54) is 19.3 Å². The lowest BCUT2D eigenvalue weighted by Gasteiger charge is -2.20. The monoisotopic (exact) mass is 233 g/mol. The Morgan fingerprint density at radius 1 is 1.33 bits per heavy atom. The van der Waals surface area contributed by atoms with E-state index in [1.54, 1.807) is 0 Å². The molecule has 0 aromatic rings. The van der Waals surface area contributed by atoms with Gasteiger partial charge in [-0.2, -0.15) is 0 Å². The van der Waals surface area contributed by atoms with E-state index in [1.807, 2.05) is 0 Å². The van der Waals surface area contributed by atoms with Crippen molar-refractivity contribution in [2.45, 2.75) is 51.0 Å². The van der Waals surface area contributed by atoms with Crippen molar-refractivity contribution in [3.63, 3.8) is 0 Å². The molecule has 1 aliphatic carbocycles. The molecular weight excluding hydrogens is 210 g/mol. The summed E-state index contributed by atoms with van der Waals surface area (Å²) in [4.78, 5) is 0. The Bertz CT molecular complexity index is 179. The number of hydrogen-bond acceptors (Lipinski definition) is 2. The van der Waals surface area contributed by atoms with Gasteiger partial charge in [0, 0.05) is 11.9 Å². The Labute approximate surface area is 98.7 Å². The Morgan fingerprint density at radius 3 is 2.60 bits per heavy atom. The fraction of sp³-hybridized carbons (Fsp3) is 1.00. The lowest BCUT2D eigenvalue weighted by molar-refractivity contribution is -0.000985. The second-order valence-electron chi connectivity index (χ2n) is 5.44. The van der Waals surface area contributed by atoms with Crippen LogP contribution in [0, 0.1) is 5.92 Å². The largest absolute Gasteiger partial charge is 0.375 e. The predicted molar refractivity (Wildman–Crippen MR) is 65.6 cm³/mol. The average Bonchev–Trinajstić information content (AvgIpc) is 2.49. The maximum atomic E-state index is 6.05. The first-order chi connectivity index (χ1) is 6.97. The van der Waals surface area contributed by atoms with Crippen molar-refractivity contribution in [3.05, 3.63) is 0 Å². The molecule has 0 heterocycles. The zero-order chi connectivity index (χ0) is 11.3. The minimum absolute atomic E-state index is 0.0176. The quantitative estimate of drug-likeness (QED) is 0.583. The molecule has 0 bridgehead atoms. The van der Waals surface area contributed by atoms with E-state index in [0.717, 1.165) is 25.6 Å². The van der Waals surface area contributed by atoms with E-state index in [-0.39, 0.29) is 5.60 Å². The zero-order valence-corrected chi connectivity index (χ0v) is 10.9. The Morgan fingerprint density at radius 2 is 2.07 bits per heavy atom. The van der Waals surface area contributed by atoms with Gasteiger partial charge in [0.2, 0.25) is 0 Å². The molecule has 3 heteroatoms. The van der Waals surface area contributed by atoms with Crippen LogP contribution in [-0.4, -0.2) is 30.7 Å². The van der Waals surface area contributed by atoms with E-state index in [9.17, 15) is 0 Å². The first kappa shape index (κ1) is 13.3. The molecule has 1 aliphatic rings. The Kier molecular flexibility index (Phi) is 5.37. The predicted octanol–water partition coefficient (Wildman–Crippen LogP) is 2.80. The smallest absolute Gasteiger partial charge is 0.0599 e. The number of alkyl halides is 1. The van der Waals surface area contributed by atoms with Gasteiger partial charge >= 0.3 is 0 Å². The number of halogens is 1. The highest BCUT2D eigenvalue weighted by molar-refractivity contribution is 6.20. The van der Waals surface area contributed by atoms with E-state index in [2.05, 4.69) is 26.1 Å². The third-order valence-corrected chi connectivity index (χ3v) is 3.12. The van der Waals surface area contributed by atoms with Crippen LogP contribution >= 0.6 is 11.6 Å². The van der Waals surface area contributed by atoms with Crippen molar-refractivity contribution < 1.29 is 4.74 Å². The first-order valence-electron chi connectivity index (χ1n) is 5.96. The van der Waals surface area contributed by atoms with Crippen LogP contribution in [0.5, 0.6) is 0 Å². The van der Waals surface area contributed by atoms with Crippen LogP contribution < -0.4 is 5.32 Å². The van der Waals surface area contributed by atoms with Crippen LogP contribution in [0.4, 0.5) is 0 Å². The molecule has 0 amide bonds. The van der Waals surface area contributed by atoms with Gasteiger partial charge in [0.25, 0.3) is 0 Å². The topological polar surface area (TPSA) is 21.3 Å². The SMILES string of the molecule is CC(C)(C)OCCNCC1CCC(Cl)C1. The second-order valence-corrected chi connectivity index (χ2v) is 6.06. The number of hydrogen-bond donors (Lipinski definition) is 1. The molecule has 15 heavy (non-hydrogen) atoms. The molecule has 0 spiro atoms. The van der Waals surface area contributed by atoms with Crippen molar-refractivity contribution in [3.8, 4) is 0 Å². The minimum atomic E-state index is -0.0176. The summed E-state index contributed by atoms with van der Waals surface area (Å²) in [7, 11) is 0. The van der Waals surface area contributed by atoms with Gasteiger partial charge < -0.3 is 10.1 Å². The summed E-state index contributed by atoms with van der Waals surface area (Å²) >= 11 is 6.05. The molecule has 0 radical (unpaired) electrons. The maximum absolute atomic E-state index is 6.05. The molecule has 1 N–H and O–H groups in total. The number of ether oxygens (including phenoxy) is 1.